The largest absolute Gasteiger partial charge is 0.493 e. The van der Waals surface area contributed by atoms with Crippen molar-refractivity contribution in [2.24, 2.45) is 0 Å². The van der Waals surface area contributed by atoms with Crippen LogP contribution in [0.25, 0.3) is 0 Å². The zero-order valence-electron chi connectivity index (χ0n) is 10.2. The van der Waals surface area contributed by atoms with Gasteiger partial charge in [-0.15, -0.1) is 0 Å². The van der Waals surface area contributed by atoms with Gasteiger partial charge in [0.25, 0.3) is 6.43 Å². The minimum absolute atomic E-state index is 0.00542. The van der Waals surface area contributed by atoms with E-state index in [0.29, 0.717) is 0 Å². The van der Waals surface area contributed by atoms with Crippen molar-refractivity contribution >= 4 is 5.97 Å². The maximum absolute atomic E-state index is 12.6. The van der Waals surface area contributed by atoms with Gasteiger partial charge in [0.1, 0.15) is 5.69 Å². The van der Waals surface area contributed by atoms with Crippen LogP contribution in [0.1, 0.15) is 29.5 Å². The fourth-order valence-electron chi connectivity index (χ4n) is 1.33. The van der Waals surface area contributed by atoms with E-state index in [1.54, 1.807) is 6.92 Å². The number of rotatable bonds is 5. The molecule has 7 heteroatoms. The number of hydrogen-bond donors (Lipinski definition) is 0. The lowest BCUT2D eigenvalue weighted by Gasteiger charge is -2.13. The number of methoxy groups -OCH3 is 2. The number of aromatic nitrogens is 1. The second-order valence-electron chi connectivity index (χ2n) is 3.15. The van der Waals surface area contributed by atoms with Gasteiger partial charge in [-0.25, -0.2) is 18.6 Å². The number of ether oxygens (including phenoxy) is 3. The van der Waals surface area contributed by atoms with Crippen LogP contribution >= 0.6 is 0 Å². The van der Waals surface area contributed by atoms with Gasteiger partial charge in [-0.2, -0.15) is 0 Å². The molecule has 100 valence electrons. The Balaban J connectivity index is 3.35. The molecule has 0 radical (unpaired) electrons. The molecular weight excluding hydrogens is 248 g/mol. The van der Waals surface area contributed by atoms with E-state index in [9.17, 15) is 13.6 Å². The third kappa shape index (κ3) is 2.85. The second kappa shape index (κ2) is 6.13. The molecule has 0 aliphatic rings. The highest BCUT2D eigenvalue weighted by Crippen LogP contribution is 2.33. The standard InChI is InChI=1S/C11H13F2NO4/c1-4-18-11(15)8-9(17-3)7(16-2)5-6(14-8)10(12)13/h5,10H,4H2,1-3H3. The van der Waals surface area contributed by atoms with Crippen LogP contribution in [0.5, 0.6) is 11.5 Å². The fraction of sp³-hybridized carbons (Fsp3) is 0.455. The summed E-state index contributed by atoms with van der Waals surface area (Å²) in [6.07, 6.45) is -2.82. The minimum Gasteiger partial charge on any atom is -0.493 e. The summed E-state index contributed by atoms with van der Waals surface area (Å²) >= 11 is 0. The van der Waals surface area contributed by atoms with Gasteiger partial charge in [0.05, 0.1) is 20.8 Å². The molecule has 0 aromatic carbocycles. The first-order chi connectivity index (χ1) is 8.54. The van der Waals surface area contributed by atoms with Gasteiger partial charge in [-0.3, -0.25) is 0 Å². The first-order valence-electron chi connectivity index (χ1n) is 5.13. The van der Waals surface area contributed by atoms with Crippen LogP contribution in [-0.4, -0.2) is 31.8 Å². The van der Waals surface area contributed by atoms with Crippen LogP contribution in [0.3, 0.4) is 0 Å². The van der Waals surface area contributed by atoms with Crippen LogP contribution in [0.2, 0.25) is 0 Å². The molecule has 5 nitrogen and oxygen atoms in total. The minimum atomic E-state index is -2.82. The Hall–Kier alpha value is -1.92. The lowest BCUT2D eigenvalue weighted by atomic mass is 10.2. The van der Waals surface area contributed by atoms with E-state index in [0.717, 1.165) is 6.07 Å². The van der Waals surface area contributed by atoms with Crippen LogP contribution < -0.4 is 9.47 Å². The normalized spacial score (nSPS) is 10.3. The maximum atomic E-state index is 12.6. The molecule has 0 bridgehead atoms. The zero-order valence-corrected chi connectivity index (χ0v) is 10.2. The second-order valence-corrected chi connectivity index (χ2v) is 3.15. The molecule has 18 heavy (non-hydrogen) atoms. The van der Waals surface area contributed by atoms with E-state index in [4.69, 9.17) is 14.2 Å². The SMILES string of the molecule is CCOC(=O)c1nc(C(F)F)cc(OC)c1OC. The quantitative estimate of drug-likeness (QED) is 0.760. The smallest absolute Gasteiger partial charge is 0.360 e. The van der Waals surface area contributed by atoms with Crippen molar-refractivity contribution < 1.29 is 27.8 Å². The van der Waals surface area contributed by atoms with Crippen molar-refractivity contribution in [3.63, 3.8) is 0 Å². The first-order valence-corrected chi connectivity index (χ1v) is 5.13. The highest BCUT2D eigenvalue weighted by atomic mass is 19.3. The maximum Gasteiger partial charge on any atom is 0.360 e. The average molecular weight is 261 g/mol. The first kappa shape index (κ1) is 14.1. The van der Waals surface area contributed by atoms with Crippen molar-refractivity contribution in [2.75, 3.05) is 20.8 Å². The number of hydrogen-bond acceptors (Lipinski definition) is 5. The number of esters is 1. The van der Waals surface area contributed by atoms with E-state index in [-0.39, 0.29) is 23.8 Å². The molecule has 0 spiro atoms. The van der Waals surface area contributed by atoms with Crippen LogP contribution in [0, 0.1) is 0 Å². The van der Waals surface area contributed by atoms with Crippen LogP contribution in [-0.2, 0) is 4.74 Å². The summed E-state index contributed by atoms with van der Waals surface area (Å²) in [6, 6.07) is 1.02. The highest BCUT2D eigenvalue weighted by Gasteiger charge is 2.24. The Labute approximate surface area is 103 Å². The van der Waals surface area contributed by atoms with Crippen molar-refractivity contribution in [3.8, 4) is 11.5 Å². The van der Waals surface area contributed by atoms with Gasteiger partial charge in [-0.05, 0) is 6.92 Å². The van der Waals surface area contributed by atoms with E-state index in [1.165, 1.54) is 14.2 Å². The van der Waals surface area contributed by atoms with Crippen LogP contribution in [0.4, 0.5) is 8.78 Å². The monoisotopic (exact) mass is 261 g/mol. The summed E-state index contributed by atoms with van der Waals surface area (Å²) in [5, 5.41) is 0. The number of alkyl halides is 2. The summed E-state index contributed by atoms with van der Waals surface area (Å²) in [5.74, 6) is -0.860. The van der Waals surface area contributed by atoms with E-state index in [1.807, 2.05) is 0 Å². The Morgan fingerprint density at radius 2 is 2.06 bits per heavy atom. The number of carbonyl (C=O) groups excluding carboxylic acids is 1. The molecule has 0 fully saturated rings. The molecule has 1 aromatic rings. The lowest BCUT2D eigenvalue weighted by Crippen LogP contribution is -2.12. The Morgan fingerprint density at radius 1 is 1.39 bits per heavy atom. The Morgan fingerprint density at radius 3 is 2.50 bits per heavy atom. The fourth-order valence-corrected chi connectivity index (χ4v) is 1.33. The molecule has 0 saturated carbocycles. The number of halogens is 2. The molecule has 0 atom stereocenters. The van der Waals surface area contributed by atoms with Crippen molar-refractivity contribution in [3.05, 3.63) is 17.5 Å². The number of nitrogens with zero attached hydrogens (tertiary/aromatic N) is 1. The van der Waals surface area contributed by atoms with Gasteiger partial charge in [0.2, 0.25) is 0 Å². The molecule has 0 aliphatic heterocycles. The van der Waals surface area contributed by atoms with Gasteiger partial charge >= 0.3 is 5.97 Å². The van der Waals surface area contributed by atoms with Gasteiger partial charge in [0.15, 0.2) is 17.2 Å². The number of carbonyl (C=O) groups is 1. The lowest BCUT2D eigenvalue weighted by molar-refractivity contribution is 0.0512. The third-order valence-corrected chi connectivity index (χ3v) is 2.08. The third-order valence-electron chi connectivity index (χ3n) is 2.08. The summed E-state index contributed by atoms with van der Waals surface area (Å²) in [6.45, 7) is 1.70. The Bertz CT molecular complexity index is 437. The summed E-state index contributed by atoms with van der Waals surface area (Å²) in [4.78, 5) is 15.1. The van der Waals surface area contributed by atoms with Crippen molar-refractivity contribution in [1.29, 1.82) is 0 Å². The number of pyridine rings is 1. The van der Waals surface area contributed by atoms with Crippen LogP contribution in [0.15, 0.2) is 6.07 Å². The molecule has 0 aliphatic carbocycles. The molecule has 0 N–H and O–H groups in total. The van der Waals surface area contributed by atoms with E-state index < -0.39 is 18.1 Å². The Kier molecular flexibility index (Phi) is 4.82. The topological polar surface area (TPSA) is 57.7 Å². The van der Waals surface area contributed by atoms with E-state index >= 15 is 0 Å². The van der Waals surface area contributed by atoms with Gasteiger partial charge in [0, 0.05) is 6.07 Å². The average Bonchev–Trinajstić information content (AvgIpc) is 2.37. The molecule has 0 saturated heterocycles. The molecule has 1 rings (SSSR count). The molecule has 1 heterocycles. The molecule has 1 aromatic heterocycles. The van der Waals surface area contributed by atoms with Crippen molar-refractivity contribution in [1.82, 2.24) is 4.98 Å². The van der Waals surface area contributed by atoms with Crippen molar-refractivity contribution in [2.45, 2.75) is 13.3 Å². The predicted octanol–water partition coefficient (Wildman–Crippen LogP) is 2.21. The predicted molar refractivity (Wildman–Crippen MR) is 58.3 cm³/mol. The molecular formula is C11H13F2NO4. The molecule has 0 unspecified atom stereocenters. The summed E-state index contributed by atoms with van der Waals surface area (Å²) < 4.78 is 39.8. The van der Waals surface area contributed by atoms with Gasteiger partial charge in [-0.1, -0.05) is 0 Å². The molecule has 0 amide bonds. The van der Waals surface area contributed by atoms with E-state index in [2.05, 4.69) is 4.98 Å². The summed E-state index contributed by atoms with van der Waals surface area (Å²) in [7, 11) is 2.56. The van der Waals surface area contributed by atoms with Gasteiger partial charge < -0.3 is 14.2 Å². The summed E-state index contributed by atoms with van der Waals surface area (Å²) in [5.41, 5.74) is -0.898. The highest BCUT2D eigenvalue weighted by molar-refractivity contribution is 5.91. The zero-order chi connectivity index (χ0) is 13.7.